The fourth-order valence-electron chi connectivity index (χ4n) is 2.47. The number of benzene rings is 2. The Morgan fingerprint density at radius 2 is 1.85 bits per heavy atom. The van der Waals surface area contributed by atoms with Crippen LogP contribution in [0.25, 0.3) is 0 Å². The van der Waals surface area contributed by atoms with Crippen molar-refractivity contribution in [1.29, 1.82) is 0 Å². The highest BCUT2D eigenvalue weighted by atomic mass is 79.9. The fraction of sp³-hybridized carbons (Fsp3) is 0.200. The Morgan fingerprint density at radius 1 is 1.15 bits per heavy atom. The molecule has 0 bridgehead atoms. The van der Waals surface area contributed by atoms with Crippen LogP contribution in [-0.4, -0.2) is 0 Å². The largest absolute Gasteiger partial charge is 0.485 e. The number of fused-ring (bicyclic) bond motifs is 1. The third-order valence-corrected chi connectivity index (χ3v) is 3.92. The Balaban J connectivity index is 2.01. The molecule has 0 spiro atoms. The highest BCUT2D eigenvalue weighted by Crippen LogP contribution is 2.41. The van der Waals surface area contributed by atoms with Gasteiger partial charge in [-0.25, -0.2) is 8.78 Å². The number of ether oxygens (including phenoxy) is 1. The molecule has 5 heteroatoms. The van der Waals surface area contributed by atoms with E-state index in [1.807, 2.05) is 12.1 Å². The van der Waals surface area contributed by atoms with Gasteiger partial charge >= 0.3 is 0 Å². The molecule has 2 aromatic carbocycles. The van der Waals surface area contributed by atoms with E-state index in [2.05, 4.69) is 15.9 Å². The van der Waals surface area contributed by atoms with E-state index in [9.17, 15) is 8.78 Å². The molecular formula is C15H12BrF2NO. The normalized spacial score (nSPS) is 21.2. The van der Waals surface area contributed by atoms with Gasteiger partial charge in [-0.1, -0.05) is 22.0 Å². The molecule has 1 aliphatic rings. The zero-order chi connectivity index (χ0) is 14.3. The molecule has 20 heavy (non-hydrogen) atoms. The first-order valence-corrected chi connectivity index (χ1v) is 7.01. The van der Waals surface area contributed by atoms with Crippen LogP contribution < -0.4 is 10.5 Å². The van der Waals surface area contributed by atoms with Crippen LogP contribution in [0.2, 0.25) is 0 Å². The summed E-state index contributed by atoms with van der Waals surface area (Å²) < 4.78 is 34.3. The molecule has 0 fully saturated rings. The van der Waals surface area contributed by atoms with Crippen molar-refractivity contribution in [2.45, 2.75) is 18.6 Å². The second-order valence-electron chi connectivity index (χ2n) is 4.77. The topological polar surface area (TPSA) is 35.2 Å². The van der Waals surface area contributed by atoms with E-state index in [1.165, 1.54) is 18.2 Å². The van der Waals surface area contributed by atoms with Gasteiger partial charge in [0.05, 0.1) is 5.56 Å². The van der Waals surface area contributed by atoms with Crippen LogP contribution in [0.3, 0.4) is 0 Å². The summed E-state index contributed by atoms with van der Waals surface area (Å²) in [4.78, 5) is 0. The van der Waals surface area contributed by atoms with Gasteiger partial charge in [0.25, 0.3) is 0 Å². The standard InChI is InChI=1S/C15H12BrF2NO/c16-8-4-5-13-9(6-8)12(19)7-14(20-13)15-10(17)2-1-3-11(15)18/h1-6,12,14H,7,19H2/t12-,14?/m1/s1. The minimum Gasteiger partial charge on any atom is -0.485 e. The van der Waals surface area contributed by atoms with Crippen LogP contribution in [0.15, 0.2) is 40.9 Å². The molecule has 2 atom stereocenters. The van der Waals surface area contributed by atoms with Crippen molar-refractivity contribution >= 4 is 15.9 Å². The molecule has 2 nitrogen and oxygen atoms in total. The van der Waals surface area contributed by atoms with Gasteiger partial charge in [0.1, 0.15) is 23.5 Å². The Bertz CT molecular complexity index is 642. The van der Waals surface area contributed by atoms with Gasteiger partial charge in [0.2, 0.25) is 0 Å². The van der Waals surface area contributed by atoms with Crippen LogP contribution in [0, 0.1) is 11.6 Å². The minimum atomic E-state index is -0.708. The second kappa shape index (κ2) is 5.14. The summed E-state index contributed by atoms with van der Waals surface area (Å²) >= 11 is 3.37. The van der Waals surface area contributed by atoms with Crippen molar-refractivity contribution in [2.75, 3.05) is 0 Å². The Kier molecular flexibility index (Phi) is 3.48. The lowest BCUT2D eigenvalue weighted by Gasteiger charge is -2.31. The van der Waals surface area contributed by atoms with E-state index in [-0.39, 0.29) is 11.6 Å². The van der Waals surface area contributed by atoms with Crippen molar-refractivity contribution in [3.63, 3.8) is 0 Å². The highest BCUT2D eigenvalue weighted by Gasteiger charge is 2.30. The van der Waals surface area contributed by atoms with E-state index in [0.717, 1.165) is 10.0 Å². The summed E-state index contributed by atoms with van der Waals surface area (Å²) in [6, 6.07) is 8.90. The van der Waals surface area contributed by atoms with Gasteiger partial charge in [0, 0.05) is 22.5 Å². The number of rotatable bonds is 1. The van der Waals surface area contributed by atoms with Crippen molar-refractivity contribution in [2.24, 2.45) is 5.73 Å². The van der Waals surface area contributed by atoms with Crippen LogP contribution in [-0.2, 0) is 0 Å². The van der Waals surface area contributed by atoms with Crippen molar-refractivity contribution in [1.82, 2.24) is 0 Å². The van der Waals surface area contributed by atoms with Crippen molar-refractivity contribution in [3.8, 4) is 5.75 Å². The molecule has 2 aromatic rings. The van der Waals surface area contributed by atoms with Crippen LogP contribution in [0.5, 0.6) is 5.75 Å². The van der Waals surface area contributed by atoms with Crippen LogP contribution in [0.1, 0.15) is 29.7 Å². The quantitative estimate of drug-likeness (QED) is 0.842. The SMILES string of the molecule is N[C@@H]1CC(c2c(F)cccc2F)Oc2ccc(Br)cc21. The lowest BCUT2D eigenvalue weighted by atomic mass is 9.93. The van der Waals surface area contributed by atoms with E-state index in [1.54, 1.807) is 6.07 Å². The first kappa shape index (κ1) is 13.5. The molecule has 0 aliphatic carbocycles. The lowest BCUT2D eigenvalue weighted by Crippen LogP contribution is -2.25. The van der Waals surface area contributed by atoms with Gasteiger partial charge in [-0.05, 0) is 30.3 Å². The van der Waals surface area contributed by atoms with E-state index >= 15 is 0 Å². The lowest BCUT2D eigenvalue weighted by molar-refractivity contribution is 0.153. The Labute approximate surface area is 123 Å². The van der Waals surface area contributed by atoms with Gasteiger partial charge in [-0.3, -0.25) is 0 Å². The number of hydrogen-bond acceptors (Lipinski definition) is 2. The highest BCUT2D eigenvalue weighted by molar-refractivity contribution is 9.10. The van der Waals surface area contributed by atoms with Gasteiger partial charge in [-0.2, -0.15) is 0 Å². The average molecular weight is 340 g/mol. The zero-order valence-electron chi connectivity index (χ0n) is 10.4. The maximum Gasteiger partial charge on any atom is 0.133 e. The summed E-state index contributed by atoms with van der Waals surface area (Å²) in [6.45, 7) is 0. The molecule has 0 saturated carbocycles. The van der Waals surface area contributed by atoms with Crippen LogP contribution >= 0.6 is 15.9 Å². The maximum atomic E-state index is 13.8. The maximum absolute atomic E-state index is 13.8. The Morgan fingerprint density at radius 3 is 2.55 bits per heavy atom. The molecule has 1 heterocycles. The zero-order valence-corrected chi connectivity index (χ0v) is 12.0. The fourth-order valence-corrected chi connectivity index (χ4v) is 2.85. The Hall–Kier alpha value is -1.46. The third-order valence-electron chi connectivity index (χ3n) is 3.43. The van der Waals surface area contributed by atoms with Crippen molar-refractivity contribution in [3.05, 3.63) is 63.6 Å². The number of hydrogen-bond donors (Lipinski definition) is 1. The smallest absolute Gasteiger partial charge is 0.133 e. The first-order chi connectivity index (χ1) is 9.56. The van der Waals surface area contributed by atoms with Gasteiger partial charge < -0.3 is 10.5 Å². The first-order valence-electron chi connectivity index (χ1n) is 6.22. The molecule has 0 amide bonds. The summed E-state index contributed by atoms with van der Waals surface area (Å²) in [5, 5.41) is 0. The third kappa shape index (κ3) is 2.31. The monoisotopic (exact) mass is 339 g/mol. The summed E-state index contributed by atoms with van der Waals surface area (Å²) in [6.07, 6.45) is -0.374. The second-order valence-corrected chi connectivity index (χ2v) is 5.68. The molecule has 0 saturated heterocycles. The summed E-state index contributed by atoms with van der Waals surface area (Å²) in [7, 11) is 0. The molecule has 0 aromatic heterocycles. The average Bonchev–Trinajstić information content (AvgIpc) is 2.39. The summed E-state index contributed by atoms with van der Waals surface area (Å²) in [5.74, 6) is -0.648. The van der Waals surface area contributed by atoms with E-state index < -0.39 is 17.7 Å². The predicted molar refractivity (Wildman–Crippen MR) is 75.4 cm³/mol. The summed E-state index contributed by atoms with van der Waals surface area (Å²) in [5.41, 5.74) is 6.88. The molecular weight excluding hydrogens is 328 g/mol. The van der Waals surface area contributed by atoms with Crippen molar-refractivity contribution < 1.29 is 13.5 Å². The number of nitrogens with two attached hydrogens (primary N) is 1. The molecule has 1 unspecified atom stereocenters. The molecule has 0 radical (unpaired) electrons. The van der Waals surface area contributed by atoms with Gasteiger partial charge in [0.15, 0.2) is 0 Å². The van der Waals surface area contributed by atoms with E-state index in [4.69, 9.17) is 10.5 Å². The molecule has 104 valence electrons. The number of halogens is 3. The molecule has 3 rings (SSSR count). The van der Waals surface area contributed by atoms with Gasteiger partial charge in [-0.15, -0.1) is 0 Å². The molecule has 1 aliphatic heterocycles. The predicted octanol–water partition coefficient (Wildman–Crippen LogP) is 4.25. The molecule has 2 N–H and O–H groups in total. The van der Waals surface area contributed by atoms with Crippen LogP contribution in [0.4, 0.5) is 8.78 Å². The minimum absolute atomic E-state index is 0.0588. The van der Waals surface area contributed by atoms with E-state index in [0.29, 0.717) is 12.2 Å².